The lowest BCUT2D eigenvalue weighted by Gasteiger charge is -2.21. The minimum absolute atomic E-state index is 0.0106. The van der Waals surface area contributed by atoms with Gasteiger partial charge in [0.2, 0.25) is 10.3 Å². The van der Waals surface area contributed by atoms with E-state index in [-0.39, 0.29) is 25.0 Å². The number of carbonyl (C=O) groups excluding carboxylic acids is 1. The van der Waals surface area contributed by atoms with E-state index in [1.807, 2.05) is 0 Å². The Labute approximate surface area is 135 Å². The molecule has 0 saturated carbocycles. The van der Waals surface area contributed by atoms with Crippen LogP contribution in [0.15, 0.2) is 21.1 Å². The van der Waals surface area contributed by atoms with Gasteiger partial charge in [-0.3, -0.25) is 9.69 Å². The van der Waals surface area contributed by atoms with Crippen molar-refractivity contribution in [3.8, 4) is 0 Å². The Bertz CT molecular complexity index is 673. The average molecular weight is 452 g/mol. The lowest BCUT2D eigenvalue weighted by atomic mass is 10.2. The van der Waals surface area contributed by atoms with Gasteiger partial charge in [0.15, 0.2) is 0 Å². The summed E-state index contributed by atoms with van der Waals surface area (Å²) in [5.41, 5.74) is 0.417. The van der Waals surface area contributed by atoms with Gasteiger partial charge in [0.1, 0.15) is 5.49 Å². The zero-order valence-corrected chi connectivity index (χ0v) is 14.2. The quantitative estimate of drug-likeness (QED) is 0.717. The Hall–Kier alpha value is -1.07. The highest BCUT2D eigenvalue weighted by molar-refractivity contribution is 9.11. The molecule has 5 nitrogen and oxygen atoms in total. The van der Waals surface area contributed by atoms with Crippen molar-refractivity contribution in [1.82, 2.24) is 0 Å². The molecule has 1 aromatic carbocycles. The molecular formula is C10H7Br2F3N2O3S. The van der Waals surface area contributed by atoms with Crippen LogP contribution in [0.2, 0.25) is 0 Å². The minimum atomic E-state index is -5.23. The summed E-state index contributed by atoms with van der Waals surface area (Å²) in [6, 6.07) is 2.80. The number of hydrogen-bond donors (Lipinski definition) is 1. The van der Waals surface area contributed by atoms with E-state index in [9.17, 15) is 26.4 Å². The molecule has 0 bridgehead atoms. The van der Waals surface area contributed by atoms with E-state index in [1.54, 1.807) is 7.05 Å². The van der Waals surface area contributed by atoms with Crippen molar-refractivity contribution in [2.45, 2.75) is 6.18 Å². The average Bonchev–Trinajstić information content (AvgIpc) is 2.34. The van der Waals surface area contributed by atoms with Gasteiger partial charge in [-0.25, -0.2) is 0 Å². The fraction of sp³-hybridized carbons (Fsp3) is 0.200. The standard InChI is InChI=1S/C10H7Br2F3N2O3S/c1-16-5-2-6(11)8(7(12)3-5)17(4-21(19)20)9(18)10(13,14)15/h2-4,16H,1H3. The van der Waals surface area contributed by atoms with E-state index in [2.05, 4.69) is 37.2 Å². The first-order chi connectivity index (χ1) is 9.57. The number of hydrogen-bond acceptors (Lipinski definition) is 4. The summed E-state index contributed by atoms with van der Waals surface area (Å²) >= 11 is 6.02. The molecule has 0 aromatic heterocycles. The van der Waals surface area contributed by atoms with Gasteiger partial charge in [0.05, 0.1) is 5.69 Å². The number of anilines is 2. The van der Waals surface area contributed by atoms with Gasteiger partial charge in [-0.15, -0.1) is 0 Å². The second-order valence-electron chi connectivity index (χ2n) is 3.58. The van der Waals surface area contributed by atoms with E-state index in [1.165, 1.54) is 12.1 Å². The van der Waals surface area contributed by atoms with Crippen LogP contribution >= 0.6 is 31.9 Å². The number of amides is 1. The SMILES string of the molecule is CNc1cc(Br)c(N(C=S(=O)=O)C(=O)C(F)(F)F)c(Br)c1. The molecule has 0 atom stereocenters. The van der Waals surface area contributed by atoms with Crippen molar-refractivity contribution >= 4 is 64.9 Å². The molecule has 1 aromatic rings. The first-order valence-electron chi connectivity index (χ1n) is 5.08. The predicted molar refractivity (Wildman–Crippen MR) is 79.9 cm³/mol. The highest BCUT2D eigenvalue weighted by Crippen LogP contribution is 2.38. The molecule has 0 aliphatic heterocycles. The molecule has 1 rings (SSSR count). The first-order valence-corrected chi connectivity index (χ1v) is 7.80. The van der Waals surface area contributed by atoms with E-state index in [4.69, 9.17) is 0 Å². The number of nitrogens with zero attached hydrogens (tertiary/aromatic N) is 1. The monoisotopic (exact) mass is 450 g/mol. The highest BCUT2D eigenvalue weighted by atomic mass is 79.9. The van der Waals surface area contributed by atoms with Crippen LogP contribution in [-0.2, 0) is 15.1 Å². The second kappa shape index (κ2) is 6.79. The van der Waals surface area contributed by atoms with E-state index < -0.39 is 22.4 Å². The zero-order valence-electron chi connectivity index (χ0n) is 10.2. The van der Waals surface area contributed by atoms with Crippen LogP contribution < -0.4 is 10.2 Å². The molecule has 0 aliphatic rings. The summed E-state index contributed by atoms with van der Waals surface area (Å²) in [5.74, 6) is -2.33. The van der Waals surface area contributed by atoms with Crippen molar-refractivity contribution in [3.05, 3.63) is 21.1 Å². The van der Waals surface area contributed by atoms with Crippen molar-refractivity contribution in [3.63, 3.8) is 0 Å². The fourth-order valence-corrected chi connectivity index (χ4v) is 3.31. The first kappa shape index (κ1) is 18.0. The molecule has 0 spiro atoms. The Morgan fingerprint density at radius 2 is 1.76 bits per heavy atom. The van der Waals surface area contributed by atoms with E-state index in [0.29, 0.717) is 5.69 Å². The van der Waals surface area contributed by atoms with Crippen LogP contribution in [0, 0.1) is 0 Å². The van der Waals surface area contributed by atoms with E-state index in [0.717, 1.165) is 0 Å². The maximum atomic E-state index is 12.6. The summed E-state index contributed by atoms with van der Waals surface area (Å²) in [5, 5.41) is 2.76. The molecular weight excluding hydrogens is 445 g/mol. The summed E-state index contributed by atoms with van der Waals surface area (Å²) in [7, 11) is -1.41. The number of rotatable bonds is 3. The Morgan fingerprint density at radius 1 is 1.29 bits per heavy atom. The molecule has 0 aliphatic carbocycles. The van der Waals surface area contributed by atoms with Gasteiger partial charge in [-0.1, -0.05) is 0 Å². The second-order valence-corrected chi connectivity index (χ2v) is 6.02. The predicted octanol–water partition coefficient (Wildman–Crippen LogP) is 2.79. The Balaban J connectivity index is 3.56. The van der Waals surface area contributed by atoms with Crippen LogP contribution in [0.3, 0.4) is 0 Å². The Morgan fingerprint density at radius 3 is 2.10 bits per heavy atom. The normalized spacial score (nSPS) is 11.0. The summed E-state index contributed by atoms with van der Waals surface area (Å²) < 4.78 is 59.4. The van der Waals surface area contributed by atoms with Crippen molar-refractivity contribution in [1.29, 1.82) is 0 Å². The molecule has 0 unspecified atom stereocenters. The Kier molecular flexibility index (Phi) is 5.82. The highest BCUT2D eigenvalue weighted by Gasteiger charge is 2.43. The lowest BCUT2D eigenvalue weighted by molar-refractivity contribution is -0.169. The maximum absolute atomic E-state index is 12.6. The summed E-state index contributed by atoms with van der Waals surface area (Å²) in [6.45, 7) is 0. The molecule has 116 valence electrons. The minimum Gasteiger partial charge on any atom is -0.388 e. The smallest absolute Gasteiger partial charge is 0.388 e. The number of alkyl halides is 3. The van der Waals surface area contributed by atoms with Gasteiger partial charge >= 0.3 is 12.1 Å². The van der Waals surface area contributed by atoms with Crippen LogP contribution in [0.1, 0.15) is 0 Å². The lowest BCUT2D eigenvalue weighted by Crippen LogP contribution is -2.41. The molecule has 0 radical (unpaired) electrons. The van der Waals surface area contributed by atoms with Crippen LogP contribution in [0.4, 0.5) is 24.5 Å². The van der Waals surface area contributed by atoms with Gasteiger partial charge < -0.3 is 5.32 Å². The van der Waals surface area contributed by atoms with Crippen molar-refractivity contribution < 1.29 is 26.4 Å². The molecule has 21 heavy (non-hydrogen) atoms. The zero-order chi connectivity index (χ0) is 16.4. The molecule has 1 amide bonds. The molecule has 11 heteroatoms. The number of nitrogens with one attached hydrogen (secondary N) is 1. The number of carbonyl (C=O) groups is 1. The third-order valence-corrected chi connectivity index (χ3v) is 3.79. The van der Waals surface area contributed by atoms with Crippen LogP contribution in [-0.4, -0.2) is 33.0 Å². The largest absolute Gasteiger partial charge is 0.472 e. The summed E-state index contributed by atoms with van der Waals surface area (Å²) in [4.78, 5) is 11.4. The third kappa shape index (κ3) is 4.45. The van der Waals surface area contributed by atoms with Crippen LogP contribution in [0.5, 0.6) is 0 Å². The van der Waals surface area contributed by atoms with Gasteiger partial charge in [-0.2, -0.15) is 21.6 Å². The third-order valence-electron chi connectivity index (χ3n) is 2.20. The van der Waals surface area contributed by atoms with E-state index >= 15 is 0 Å². The van der Waals surface area contributed by atoms with Gasteiger partial charge in [0, 0.05) is 21.7 Å². The van der Waals surface area contributed by atoms with Gasteiger partial charge in [-0.05, 0) is 44.0 Å². The number of halogens is 5. The topological polar surface area (TPSA) is 66.5 Å². The molecule has 1 N–H and O–H groups in total. The summed E-state index contributed by atoms with van der Waals surface area (Å²) in [6.07, 6.45) is -5.23. The number of benzene rings is 1. The van der Waals surface area contributed by atoms with Crippen LogP contribution in [0.25, 0.3) is 0 Å². The maximum Gasteiger partial charge on any atom is 0.472 e. The molecule has 0 fully saturated rings. The molecule has 0 heterocycles. The van der Waals surface area contributed by atoms with Crippen molar-refractivity contribution in [2.24, 2.45) is 0 Å². The molecule has 0 saturated heterocycles. The van der Waals surface area contributed by atoms with Gasteiger partial charge in [0.25, 0.3) is 0 Å². The fourth-order valence-electron chi connectivity index (χ4n) is 1.36. The van der Waals surface area contributed by atoms with Crippen molar-refractivity contribution in [2.75, 3.05) is 17.3 Å².